The molecular formula is C14H17F3N2O2. The highest BCUT2D eigenvalue weighted by Gasteiger charge is 2.34. The van der Waals surface area contributed by atoms with E-state index in [-0.39, 0.29) is 11.7 Å². The normalized spacial score (nSPS) is 22.3. The number of rotatable bonds is 4. The van der Waals surface area contributed by atoms with Gasteiger partial charge >= 0.3 is 6.18 Å². The Bertz CT molecular complexity index is 531. The highest BCUT2D eigenvalue weighted by atomic mass is 19.4. The third kappa shape index (κ3) is 3.46. The molecule has 0 aliphatic heterocycles. The molecule has 2 unspecified atom stereocenters. The lowest BCUT2D eigenvalue weighted by atomic mass is 10.00. The molecule has 2 atom stereocenters. The molecule has 0 radical (unpaired) electrons. The van der Waals surface area contributed by atoms with E-state index in [2.05, 4.69) is 5.32 Å². The van der Waals surface area contributed by atoms with Gasteiger partial charge in [-0.15, -0.1) is 0 Å². The minimum atomic E-state index is -4.58. The standard InChI is InChI=1S/C14H17F3N2O2/c1-2-9-4-3-5-11(9)18-12-7-6-10(14(15,16)17)8-13(12)19(20)21/h6-9,11,18H,2-5H2,1H3. The van der Waals surface area contributed by atoms with Crippen molar-refractivity contribution < 1.29 is 18.1 Å². The van der Waals surface area contributed by atoms with Crippen LogP contribution in [0, 0.1) is 16.0 Å². The molecule has 21 heavy (non-hydrogen) atoms. The first-order valence-corrected chi connectivity index (χ1v) is 6.95. The Morgan fingerprint density at radius 2 is 2.10 bits per heavy atom. The third-order valence-corrected chi connectivity index (χ3v) is 4.05. The van der Waals surface area contributed by atoms with Crippen molar-refractivity contribution in [1.29, 1.82) is 0 Å². The van der Waals surface area contributed by atoms with Crippen LogP contribution in [0.3, 0.4) is 0 Å². The Morgan fingerprint density at radius 3 is 2.67 bits per heavy atom. The smallest absolute Gasteiger partial charge is 0.376 e. The van der Waals surface area contributed by atoms with Gasteiger partial charge in [0.05, 0.1) is 10.5 Å². The molecule has 1 aliphatic rings. The number of hydrogen-bond donors (Lipinski definition) is 1. The van der Waals surface area contributed by atoms with Crippen molar-refractivity contribution in [3.8, 4) is 0 Å². The minimum absolute atomic E-state index is 0.0884. The minimum Gasteiger partial charge on any atom is -0.376 e. The predicted molar refractivity (Wildman–Crippen MR) is 73.1 cm³/mol. The monoisotopic (exact) mass is 302 g/mol. The Morgan fingerprint density at radius 1 is 1.38 bits per heavy atom. The lowest BCUT2D eigenvalue weighted by molar-refractivity contribution is -0.384. The molecule has 0 bridgehead atoms. The molecule has 0 saturated heterocycles. The summed E-state index contributed by atoms with van der Waals surface area (Å²) < 4.78 is 37.9. The van der Waals surface area contributed by atoms with Gasteiger partial charge in [-0.25, -0.2) is 0 Å². The molecule has 0 spiro atoms. The van der Waals surface area contributed by atoms with E-state index in [1.165, 1.54) is 0 Å². The number of nitro benzene ring substituents is 1. The highest BCUT2D eigenvalue weighted by Crippen LogP contribution is 2.37. The molecule has 1 saturated carbocycles. The summed E-state index contributed by atoms with van der Waals surface area (Å²) in [7, 11) is 0. The molecule has 0 aromatic heterocycles. The van der Waals surface area contributed by atoms with Gasteiger partial charge in [0, 0.05) is 12.1 Å². The first-order valence-electron chi connectivity index (χ1n) is 6.95. The van der Waals surface area contributed by atoms with E-state index < -0.39 is 22.4 Å². The molecule has 7 heteroatoms. The van der Waals surface area contributed by atoms with Crippen LogP contribution in [-0.4, -0.2) is 11.0 Å². The van der Waals surface area contributed by atoms with Gasteiger partial charge in [0.25, 0.3) is 5.69 Å². The Hall–Kier alpha value is -1.79. The van der Waals surface area contributed by atoms with Gasteiger partial charge in [0.1, 0.15) is 5.69 Å². The summed E-state index contributed by atoms with van der Waals surface area (Å²) in [5.74, 6) is 0.409. The predicted octanol–water partition coefficient (Wildman–Crippen LogP) is 4.60. The number of hydrogen-bond acceptors (Lipinski definition) is 3. The van der Waals surface area contributed by atoms with Gasteiger partial charge in [-0.1, -0.05) is 19.8 Å². The number of anilines is 1. The van der Waals surface area contributed by atoms with E-state index >= 15 is 0 Å². The zero-order valence-electron chi connectivity index (χ0n) is 11.6. The van der Waals surface area contributed by atoms with E-state index in [1.807, 2.05) is 6.92 Å². The highest BCUT2D eigenvalue weighted by molar-refractivity contribution is 5.63. The second-order valence-electron chi connectivity index (χ2n) is 5.34. The summed E-state index contributed by atoms with van der Waals surface area (Å²) in [4.78, 5) is 10.3. The Labute approximate surface area is 120 Å². The van der Waals surface area contributed by atoms with Crippen LogP contribution in [0.1, 0.15) is 38.2 Å². The zero-order valence-corrected chi connectivity index (χ0v) is 11.6. The van der Waals surface area contributed by atoms with Crippen molar-refractivity contribution in [3.05, 3.63) is 33.9 Å². The van der Waals surface area contributed by atoms with E-state index in [1.54, 1.807) is 0 Å². The average Bonchev–Trinajstić information content (AvgIpc) is 2.84. The van der Waals surface area contributed by atoms with Crippen LogP contribution in [0.15, 0.2) is 18.2 Å². The lowest BCUT2D eigenvalue weighted by Gasteiger charge is -2.21. The first-order chi connectivity index (χ1) is 9.82. The van der Waals surface area contributed by atoms with Crippen LogP contribution >= 0.6 is 0 Å². The van der Waals surface area contributed by atoms with Gasteiger partial charge in [-0.05, 0) is 30.9 Å². The largest absolute Gasteiger partial charge is 0.416 e. The fraction of sp³-hybridized carbons (Fsp3) is 0.571. The SMILES string of the molecule is CCC1CCCC1Nc1ccc(C(F)(F)F)cc1[N+](=O)[O-]. The molecular weight excluding hydrogens is 285 g/mol. The molecule has 1 aromatic rings. The van der Waals surface area contributed by atoms with Gasteiger partial charge in [0.15, 0.2) is 0 Å². The maximum absolute atomic E-state index is 12.6. The van der Waals surface area contributed by atoms with Crippen LogP contribution in [0.5, 0.6) is 0 Å². The van der Waals surface area contributed by atoms with E-state index in [4.69, 9.17) is 0 Å². The molecule has 2 rings (SSSR count). The Balaban J connectivity index is 2.29. The summed E-state index contributed by atoms with van der Waals surface area (Å²) in [5, 5.41) is 14.1. The van der Waals surface area contributed by atoms with Gasteiger partial charge in [-0.3, -0.25) is 10.1 Å². The molecule has 1 aromatic carbocycles. The Kier molecular flexibility index (Phi) is 4.39. The summed E-state index contributed by atoms with van der Waals surface area (Å²) in [6, 6.07) is 2.72. The summed E-state index contributed by atoms with van der Waals surface area (Å²) in [6.45, 7) is 2.05. The molecule has 1 N–H and O–H groups in total. The van der Waals surface area contributed by atoms with Crippen molar-refractivity contribution in [2.45, 2.75) is 44.8 Å². The topological polar surface area (TPSA) is 55.2 Å². The molecule has 116 valence electrons. The fourth-order valence-corrected chi connectivity index (χ4v) is 2.90. The number of halogens is 3. The average molecular weight is 302 g/mol. The third-order valence-electron chi connectivity index (χ3n) is 4.05. The maximum atomic E-state index is 12.6. The fourth-order valence-electron chi connectivity index (χ4n) is 2.90. The van der Waals surface area contributed by atoms with Crippen molar-refractivity contribution in [1.82, 2.24) is 0 Å². The van der Waals surface area contributed by atoms with Crippen LogP contribution in [0.2, 0.25) is 0 Å². The second kappa shape index (κ2) is 5.91. The number of alkyl halides is 3. The maximum Gasteiger partial charge on any atom is 0.416 e. The summed E-state index contributed by atoms with van der Waals surface area (Å²) in [6.07, 6.45) is -0.668. The molecule has 1 aliphatic carbocycles. The first kappa shape index (κ1) is 15.6. The van der Waals surface area contributed by atoms with Crippen LogP contribution < -0.4 is 5.32 Å². The number of nitrogens with zero attached hydrogens (tertiary/aromatic N) is 1. The van der Waals surface area contributed by atoms with Crippen LogP contribution in [0.25, 0.3) is 0 Å². The number of benzene rings is 1. The van der Waals surface area contributed by atoms with E-state index in [0.29, 0.717) is 12.0 Å². The van der Waals surface area contributed by atoms with E-state index in [9.17, 15) is 23.3 Å². The molecule has 0 amide bonds. The lowest BCUT2D eigenvalue weighted by Crippen LogP contribution is -2.24. The van der Waals surface area contributed by atoms with Crippen molar-refractivity contribution in [2.75, 3.05) is 5.32 Å². The van der Waals surface area contributed by atoms with Crippen LogP contribution in [0.4, 0.5) is 24.5 Å². The van der Waals surface area contributed by atoms with E-state index in [0.717, 1.165) is 37.8 Å². The summed E-state index contributed by atoms with van der Waals surface area (Å²) >= 11 is 0. The second-order valence-corrected chi connectivity index (χ2v) is 5.34. The van der Waals surface area contributed by atoms with Gasteiger partial charge in [-0.2, -0.15) is 13.2 Å². The number of nitrogens with one attached hydrogen (secondary N) is 1. The molecule has 0 heterocycles. The zero-order chi connectivity index (χ0) is 15.6. The molecule has 4 nitrogen and oxygen atoms in total. The van der Waals surface area contributed by atoms with Gasteiger partial charge in [0.2, 0.25) is 0 Å². The number of nitro groups is 1. The van der Waals surface area contributed by atoms with Gasteiger partial charge < -0.3 is 5.32 Å². The quantitative estimate of drug-likeness (QED) is 0.653. The summed E-state index contributed by atoms with van der Waals surface area (Å²) in [5.41, 5.74) is -1.36. The van der Waals surface area contributed by atoms with Crippen LogP contribution in [-0.2, 0) is 6.18 Å². The molecule has 1 fully saturated rings. The van der Waals surface area contributed by atoms with Crippen molar-refractivity contribution >= 4 is 11.4 Å². The van der Waals surface area contributed by atoms with Crippen molar-refractivity contribution in [2.24, 2.45) is 5.92 Å². The van der Waals surface area contributed by atoms with Crippen molar-refractivity contribution in [3.63, 3.8) is 0 Å².